The Morgan fingerprint density at radius 3 is 2.96 bits per heavy atom. The van der Waals surface area contributed by atoms with Crippen molar-refractivity contribution in [2.24, 2.45) is 0 Å². The second-order valence-electron chi connectivity index (χ2n) is 5.47. The third kappa shape index (κ3) is 3.44. The van der Waals surface area contributed by atoms with Crippen LogP contribution in [0.5, 0.6) is 5.75 Å². The molecule has 1 aromatic heterocycles. The fourth-order valence-corrected chi connectivity index (χ4v) is 2.42. The number of carbonyl (C=O) groups excluding carboxylic acids is 1. The van der Waals surface area contributed by atoms with Crippen molar-refractivity contribution in [2.75, 3.05) is 11.5 Å². The van der Waals surface area contributed by atoms with E-state index >= 15 is 0 Å². The van der Waals surface area contributed by atoms with Crippen molar-refractivity contribution in [3.8, 4) is 5.75 Å². The fraction of sp³-hybridized carbons (Fsp3) is 0.333. The Labute approximate surface area is 135 Å². The molecule has 120 valence electrons. The average Bonchev–Trinajstić information content (AvgIpc) is 3.32. The van der Waals surface area contributed by atoms with E-state index < -0.39 is 0 Å². The second kappa shape index (κ2) is 6.69. The van der Waals surface area contributed by atoms with Crippen molar-refractivity contribution in [1.29, 1.82) is 0 Å². The first-order chi connectivity index (χ1) is 11.2. The lowest BCUT2D eigenvalue weighted by Gasteiger charge is -2.22. The molecule has 1 aromatic carbocycles. The zero-order valence-electron chi connectivity index (χ0n) is 13.2. The van der Waals surface area contributed by atoms with Gasteiger partial charge in [-0.1, -0.05) is 18.7 Å². The van der Waals surface area contributed by atoms with E-state index in [0.29, 0.717) is 36.3 Å². The van der Waals surface area contributed by atoms with E-state index in [4.69, 9.17) is 9.15 Å². The van der Waals surface area contributed by atoms with Crippen LogP contribution in [-0.4, -0.2) is 17.5 Å². The number of para-hydroxylation sites is 2. The summed E-state index contributed by atoms with van der Waals surface area (Å²) in [6.07, 6.45) is 5.24. The number of anilines is 1. The minimum atomic E-state index is -0.207. The van der Waals surface area contributed by atoms with Crippen molar-refractivity contribution >= 4 is 11.6 Å². The Kier molecular flexibility index (Phi) is 4.46. The first kappa shape index (κ1) is 15.3. The van der Waals surface area contributed by atoms with E-state index in [1.807, 2.05) is 31.2 Å². The molecule has 1 fully saturated rings. The zero-order chi connectivity index (χ0) is 16.2. The third-order valence-electron chi connectivity index (χ3n) is 3.71. The molecule has 0 atom stereocenters. The Morgan fingerprint density at radius 1 is 1.48 bits per heavy atom. The van der Waals surface area contributed by atoms with Crippen LogP contribution in [0.1, 0.15) is 37.3 Å². The van der Waals surface area contributed by atoms with Crippen molar-refractivity contribution in [1.82, 2.24) is 4.98 Å². The summed E-state index contributed by atoms with van der Waals surface area (Å²) in [4.78, 5) is 18.2. The maximum absolute atomic E-state index is 12.3. The molecule has 0 spiro atoms. The van der Waals surface area contributed by atoms with Gasteiger partial charge in [-0.2, -0.15) is 0 Å². The van der Waals surface area contributed by atoms with Crippen molar-refractivity contribution in [2.45, 2.75) is 32.2 Å². The van der Waals surface area contributed by atoms with E-state index in [-0.39, 0.29) is 5.91 Å². The molecule has 0 radical (unpaired) electrons. The van der Waals surface area contributed by atoms with E-state index in [9.17, 15) is 4.79 Å². The lowest BCUT2D eigenvalue weighted by molar-refractivity contribution is -0.114. The second-order valence-corrected chi connectivity index (χ2v) is 5.47. The molecule has 0 N–H and O–H groups in total. The summed E-state index contributed by atoms with van der Waals surface area (Å²) in [5, 5.41) is 0. The Morgan fingerprint density at radius 2 is 2.26 bits per heavy atom. The number of rotatable bonds is 7. The minimum absolute atomic E-state index is 0.207. The molecule has 2 aromatic rings. The Hall–Kier alpha value is -2.56. The largest absolute Gasteiger partial charge is 0.492 e. The van der Waals surface area contributed by atoms with Crippen LogP contribution in [0.25, 0.3) is 0 Å². The van der Waals surface area contributed by atoms with Gasteiger partial charge < -0.3 is 9.15 Å². The maximum atomic E-state index is 12.3. The number of aromatic nitrogens is 1. The first-order valence-corrected chi connectivity index (χ1v) is 7.83. The number of carbonyl (C=O) groups is 1. The van der Waals surface area contributed by atoms with Gasteiger partial charge in [0.15, 0.2) is 5.89 Å². The zero-order valence-corrected chi connectivity index (χ0v) is 13.2. The molecule has 1 aliphatic rings. The van der Waals surface area contributed by atoms with Gasteiger partial charge in [-0.15, -0.1) is 0 Å². The molecule has 1 saturated carbocycles. The van der Waals surface area contributed by atoms with Crippen LogP contribution < -0.4 is 9.64 Å². The number of hydrogen-bond acceptors (Lipinski definition) is 4. The van der Waals surface area contributed by atoms with Gasteiger partial charge in [0.25, 0.3) is 5.91 Å². The lowest BCUT2D eigenvalue weighted by Crippen LogP contribution is -2.28. The van der Waals surface area contributed by atoms with Crippen molar-refractivity contribution in [3.05, 3.63) is 54.8 Å². The summed E-state index contributed by atoms with van der Waals surface area (Å²) in [6, 6.07) is 7.45. The minimum Gasteiger partial charge on any atom is -0.492 e. The van der Waals surface area contributed by atoms with E-state index in [1.165, 1.54) is 6.08 Å². The molecule has 1 aliphatic carbocycles. The van der Waals surface area contributed by atoms with Gasteiger partial charge >= 0.3 is 0 Å². The van der Waals surface area contributed by atoms with Crippen LogP contribution in [0.15, 0.2) is 47.5 Å². The highest BCUT2D eigenvalue weighted by Crippen LogP contribution is 2.39. The van der Waals surface area contributed by atoms with Gasteiger partial charge in [0.2, 0.25) is 0 Å². The SMILES string of the molecule is C=CC(=O)N(Cc1cnc(C2CC2)o1)c1ccccc1OCC. The predicted octanol–water partition coefficient (Wildman–Crippen LogP) is 3.67. The highest BCUT2D eigenvalue weighted by molar-refractivity contribution is 6.01. The maximum Gasteiger partial charge on any atom is 0.250 e. The monoisotopic (exact) mass is 312 g/mol. The van der Waals surface area contributed by atoms with Gasteiger partial charge in [0, 0.05) is 5.92 Å². The molecule has 1 amide bonds. The first-order valence-electron chi connectivity index (χ1n) is 7.83. The highest BCUT2D eigenvalue weighted by atomic mass is 16.5. The molecule has 0 bridgehead atoms. The van der Waals surface area contributed by atoms with Crippen LogP contribution in [0.4, 0.5) is 5.69 Å². The molecule has 0 unspecified atom stereocenters. The number of amides is 1. The Balaban J connectivity index is 1.87. The van der Waals surface area contributed by atoms with E-state index in [0.717, 1.165) is 18.7 Å². The molecule has 23 heavy (non-hydrogen) atoms. The van der Waals surface area contributed by atoms with Gasteiger partial charge in [0.1, 0.15) is 11.5 Å². The van der Waals surface area contributed by atoms with Crippen molar-refractivity contribution in [3.63, 3.8) is 0 Å². The van der Waals surface area contributed by atoms with Gasteiger partial charge in [0.05, 0.1) is 25.0 Å². The average molecular weight is 312 g/mol. The van der Waals surface area contributed by atoms with Crippen LogP contribution in [-0.2, 0) is 11.3 Å². The summed E-state index contributed by atoms with van der Waals surface area (Å²) in [5.74, 6) is 2.33. The van der Waals surface area contributed by atoms with Crippen LogP contribution >= 0.6 is 0 Å². The predicted molar refractivity (Wildman–Crippen MR) is 87.5 cm³/mol. The molecule has 0 saturated heterocycles. The van der Waals surface area contributed by atoms with Gasteiger partial charge in [-0.25, -0.2) is 4.98 Å². The fourth-order valence-electron chi connectivity index (χ4n) is 2.42. The summed E-state index contributed by atoms with van der Waals surface area (Å²) >= 11 is 0. The lowest BCUT2D eigenvalue weighted by atomic mass is 10.2. The molecular weight excluding hydrogens is 292 g/mol. The quantitative estimate of drug-likeness (QED) is 0.732. The van der Waals surface area contributed by atoms with E-state index in [2.05, 4.69) is 11.6 Å². The number of oxazole rings is 1. The van der Waals surface area contributed by atoms with Crippen LogP contribution in [0.2, 0.25) is 0 Å². The summed E-state index contributed by atoms with van der Waals surface area (Å²) in [6.45, 7) is 6.33. The standard InChI is InChI=1S/C18H20N2O3/c1-3-17(21)20(15-7-5-6-8-16(15)22-4-2)12-14-11-19-18(23-14)13-9-10-13/h3,5-8,11,13H,1,4,9-10,12H2,2H3. The number of benzene rings is 1. The smallest absolute Gasteiger partial charge is 0.250 e. The number of nitrogens with zero attached hydrogens (tertiary/aromatic N) is 2. The van der Waals surface area contributed by atoms with Gasteiger partial charge in [-0.3, -0.25) is 9.69 Å². The molecular formula is C18H20N2O3. The molecule has 0 aliphatic heterocycles. The number of hydrogen-bond donors (Lipinski definition) is 0. The van der Waals surface area contributed by atoms with Crippen molar-refractivity contribution < 1.29 is 13.9 Å². The highest BCUT2D eigenvalue weighted by Gasteiger charge is 2.29. The summed E-state index contributed by atoms with van der Waals surface area (Å²) in [7, 11) is 0. The number of ether oxygens (including phenoxy) is 1. The Bertz CT molecular complexity index is 704. The van der Waals surface area contributed by atoms with Gasteiger partial charge in [-0.05, 0) is 38.0 Å². The summed E-state index contributed by atoms with van der Waals surface area (Å²) in [5.41, 5.74) is 0.698. The molecule has 5 nitrogen and oxygen atoms in total. The molecule has 1 heterocycles. The molecule has 3 rings (SSSR count). The topological polar surface area (TPSA) is 55.6 Å². The van der Waals surface area contributed by atoms with Crippen LogP contribution in [0.3, 0.4) is 0 Å². The van der Waals surface area contributed by atoms with Crippen LogP contribution in [0, 0.1) is 0 Å². The third-order valence-corrected chi connectivity index (χ3v) is 3.71. The normalized spacial score (nSPS) is 13.6. The summed E-state index contributed by atoms with van der Waals surface area (Å²) < 4.78 is 11.4. The molecule has 5 heteroatoms. The van der Waals surface area contributed by atoms with E-state index in [1.54, 1.807) is 11.1 Å².